The van der Waals surface area contributed by atoms with Crippen LogP contribution in [0.4, 0.5) is 0 Å². The van der Waals surface area contributed by atoms with Crippen molar-refractivity contribution >= 4 is 23.4 Å². The van der Waals surface area contributed by atoms with Crippen molar-refractivity contribution in [2.75, 3.05) is 6.54 Å². The van der Waals surface area contributed by atoms with Gasteiger partial charge in [-0.05, 0) is 25.7 Å². The van der Waals surface area contributed by atoms with Crippen molar-refractivity contribution in [2.45, 2.75) is 77.9 Å². The van der Waals surface area contributed by atoms with Gasteiger partial charge in [-0.3, -0.25) is 19.2 Å². The second-order valence-electron chi connectivity index (χ2n) is 7.99. The van der Waals surface area contributed by atoms with Crippen LogP contribution >= 0.6 is 0 Å². The number of carbonyl (C=O) groups is 4. The van der Waals surface area contributed by atoms with E-state index >= 15 is 0 Å². The van der Waals surface area contributed by atoms with Crippen LogP contribution in [0.15, 0.2) is 0 Å². The summed E-state index contributed by atoms with van der Waals surface area (Å²) in [7, 11) is 0. The number of rotatable bonds is 8. The summed E-state index contributed by atoms with van der Waals surface area (Å²) in [5.74, 6) is -1.67. The van der Waals surface area contributed by atoms with Crippen LogP contribution in [0.5, 0.6) is 0 Å². The lowest BCUT2D eigenvalue weighted by Crippen LogP contribution is -2.64. The quantitative estimate of drug-likeness (QED) is 0.583. The number of Topliss-reactive ketones (excluding diaryl/α,β-unsaturated/α-hetero) is 2. The van der Waals surface area contributed by atoms with Gasteiger partial charge in [0.15, 0.2) is 11.6 Å². The molecule has 0 aromatic carbocycles. The molecule has 2 amide bonds. The average Bonchev–Trinajstić information content (AvgIpc) is 2.65. The largest absolute Gasteiger partial charge is 0.346 e. The third kappa shape index (κ3) is 4.94. The van der Waals surface area contributed by atoms with Crippen LogP contribution < -0.4 is 16.0 Å². The molecule has 0 bridgehead atoms. The fourth-order valence-electron chi connectivity index (χ4n) is 4.13. The van der Waals surface area contributed by atoms with E-state index in [1.165, 1.54) is 6.92 Å². The molecule has 2 saturated heterocycles. The van der Waals surface area contributed by atoms with Gasteiger partial charge in [-0.15, -0.1) is 0 Å². The van der Waals surface area contributed by atoms with Gasteiger partial charge < -0.3 is 16.0 Å². The molecular formula is C20H33N3O4. The predicted molar refractivity (Wildman–Crippen MR) is 102 cm³/mol. The van der Waals surface area contributed by atoms with Gasteiger partial charge in [-0.25, -0.2) is 0 Å². The maximum atomic E-state index is 13.2. The molecule has 2 aliphatic rings. The molecule has 7 heteroatoms. The minimum absolute atomic E-state index is 0.0245. The molecule has 0 aromatic heterocycles. The Morgan fingerprint density at radius 2 is 1.78 bits per heavy atom. The van der Waals surface area contributed by atoms with Gasteiger partial charge in [0.25, 0.3) is 0 Å². The molecule has 2 aliphatic heterocycles. The summed E-state index contributed by atoms with van der Waals surface area (Å²) in [6.45, 7) is 7.81. The fourth-order valence-corrected chi connectivity index (χ4v) is 4.13. The summed E-state index contributed by atoms with van der Waals surface area (Å²) < 4.78 is 0. The van der Waals surface area contributed by atoms with Crippen LogP contribution in [-0.2, 0) is 19.2 Å². The van der Waals surface area contributed by atoms with Gasteiger partial charge in [0.05, 0.1) is 18.0 Å². The molecule has 2 rings (SSSR count). The summed E-state index contributed by atoms with van der Waals surface area (Å²) in [5, 5.41) is 8.78. The Kier molecular flexibility index (Phi) is 7.53. The number of carbonyl (C=O) groups excluding carboxylic acids is 4. The van der Waals surface area contributed by atoms with E-state index in [4.69, 9.17) is 0 Å². The van der Waals surface area contributed by atoms with E-state index in [0.29, 0.717) is 13.0 Å². The molecule has 27 heavy (non-hydrogen) atoms. The first-order valence-electron chi connectivity index (χ1n) is 10.2. The second-order valence-corrected chi connectivity index (χ2v) is 7.99. The first-order valence-corrected chi connectivity index (χ1v) is 10.2. The molecule has 2 fully saturated rings. The van der Waals surface area contributed by atoms with Crippen molar-refractivity contribution in [1.82, 2.24) is 16.0 Å². The molecule has 0 spiro atoms. The van der Waals surface area contributed by atoms with Gasteiger partial charge in [-0.2, -0.15) is 0 Å². The van der Waals surface area contributed by atoms with Crippen molar-refractivity contribution in [3.05, 3.63) is 0 Å². The maximum Gasteiger partial charge on any atom is 0.237 e. The molecule has 0 radical (unpaired) electrons. The molecule has 7 nitrogen and oxygen atoms in total. The zero-order valence-electron chi connectivity index (χ0n) is 16.8. The Morgan fingerprint density at radius 1 is 1.11 bits per heavy atom. The highest BCUT2D eigenvalue weighted by molar-refractivity contribution is 5.99. The average molecular weight is 380 g/mol. The summed E-state index contributed by atoms with van der Waals surface area (Å²) in [4.78, 5) is 50.0. The van der Waals surface area contributed by atoms with E-state index in [1.54, 1.807) is 0 Å². The van der Waals surface area contributed by atoms with E-state index in [9.17, 15) is 19.2 Å². The third-order valence-electron chi connectivity index (χ3n) is 6.05. The highest BCUT2D eigenvalue weighted by Gasteiger charge is 2.46. The first-order chi connectivity index (χ1) is 12.8. The molecule has 0 saturated carbocycles. The summed E-state index contributed by atoms with van der Waals surface area (Å²) >= 11 is 0. The van der Waals surface area contributed by atoms with Gasteiger partial charge >= 0.3 is 0 Å². The predicted octanol–water partition coefficient (Wildman–Crippen LogP) is 0.958. The van der Waals surface area contributed by atoms with Crippen molar-refractivity contribution in [1.29, 1.82) is 0 Å². The molecule has 0 aromatic rings. The summed E-state index contributed by atoms with van der Waals surface area (Å²) in [6, 6.07) is -1.54. The first kappa shape index (κ1) is 21.5. The Bertz CT molecular complexity index is 592. The molecule has 2 unspecified atom stereocenters. The van der Waals surface area contributed by atoms with E-state index < -0.39 is 23.9 Å². The normalized spacial score (nSPS) is 32.4. The third-order valence-corrected chi connectivity index (χ3v) is 6.05. The molecular weight excluding hydrogens is 346 g/mol. The van der Waals surface area contributed by atoms with E-state index in [1.807, 2.05) is 13.8 Å². The Hall–Kier alpha value is -1.76. The van der Waals surface area contributed by atoms with Gasteiger partial charge in [0, 0.05) is 12.5 Å². The lowest BCUT2D eigenvalue weighted by molar-refractivity contribution is -0.144. The van der Waals surface area contributed by atoms with Gasteiger partial charge in [0.2, 0.25) is 11.8 Å². The van der Waals surface area contributed by atoms with Crippen LogP contribution in [0.3, 0.4) is 0 Å². The minimum atomic E-state index is -0.648. The van der Waals surface area contributed by atoms with Crippen LogP contribution in [0.25, 0.3) is 0 Å². The smallest absolute Gasteiger partial charge is 0.237 e. The van der Waals surface area contributed by atoms with Crippen molar-refractivity contribution in [2.24, 2.45) is 17.8 Å². The Morgan fingerprint density at radius 3 is 2.33 bits per heavy atom. The number of ketones is 2. The van der Waals surface area contributed by atoms with Crippen LogP contribution in [0.2, 0.25) is 0 Å². The highest BCUT2D eigenvalue weighted by atomic mass is 16.2. The summed E-state index contributed by atoms with van der Waals surface area (Å²) in [6.07, 6.45) is 3.77. The molecule has 152 valence electrons. The van der Waals surface area contributed by atoms with E-state index in [-0.39, 0.29) is 35.3 Å². The standard InChI is InChI=1S/C20H33N3O4/c1-5-7-8-14-19(26)23-16(10-21-14)18(25)13-9-15(12(4)24)22-20(27)17(13)11(3)6-2/h11,13-17,21H,5-10H2,1-4H3,(H,22,27)(H,23,26)/t11?,13?,14-,15+,16+,17+/m0/s1. The van der Waals surface area contributed by atoms with E-state index in [0.717, 1.165) is 25.7 Å². The van der Waals surface area contributed by atoms with Crippen molar-refractivity contribution < 1.29 is 19.2 Å². The number of unbranched alkanes of at least 4 members (excludes halogenated alkanes) is 1. The number of hydrogen-bond donors (Lipinski definition) is 3. The monoisotopic (exact) mass is 379 g/mol. The maximum absolute atomic E-state index is 13.2. The van der Waals surface area contributed by atoms with Gasteiger partial charge in [0.1, 0.15) is 6.04 Å². The van der Waals surface area contributed by atoms with Gasteiger partial charge in [-0.1, -0.05) is 40.0 Å². The zero-order chi connectivity index (χ0) is 20.1. The number of piperidine rings is 1. The SMILES string of the molecule is CCCC[C@@H]1NC[C@H](C(=O)C2C[C@H](C(C)=O)NC(=O)[C@@H]2C(C)CC)NC1=O. The lowest BCUT2D eigenvalue weighted by Gasteiger charge is -2.40. The summed E-state index contributed by atoms with van der Waals surface area (Å²) in [5.41, 5.74) is 0. The number of amides is 2. The second kappa shape index (κ2) is 9.44. The molecule has 6 atom stereocenters. The topological polar surface area (TPSA) is 104 Å². The molecule has 3 N–H and O–H groups in total. The number of nitrogens with one attached hydrogen (secondary N) is 3. The Balaban J connectivity index is 2.14. The molecule has 2 heterocycles. The van der Waals surface area contributed by atoms with Crippen LogP contribution in [0.1, 0.15) is 59.8 Å². The van der Waals surface area contributed by atoms with Crippen LogP contribution in [-0.4, -0.2) is 48.1 Å². The lowest BCUT2D eigenvalue weighted by atomic mass is 9.71. The number of hydrogen-bond acceptors (Lipinski definition) is 5. The molecule has 0 aliphatic carbocycles. The van der Waals surface area contributed by atoms with E-state index in [2.05, 4.69) is 22.9 Å². The fraction of sp³-hybridized carbons (Fsp3) is 0.800. The van der Waals surface area contributed by atoms with Crippen molar-refractivity contribution in [3.63, 3.8) is 0 Å². The number of piperazine rings is 1. The minimum Gasteiger partial charge on any atom is -0.346 e. The Labute approximate surface area is 161 Å². The van der Waals surface area contributed by atoms with Crippen molar-refractivity contribution in [3.8, 4) is 0 Å². The highest BCUT2D eigenvalue weighted by Crippen LogP contribution is 2.33. The van der Waals surface area contributed by atoms with Crippen LogP contribution in [0, 0.1) is 17.8 Å². The zero-order valence-corrected chi connectivity index (χ0v) is 16.8.